The average molecular weight is 404 g/mol. The molecule has 0 spiro atoms. The Hall–Kier alpha value is -3.07. The van der Waals surface area contributed by atoms with Crippen LogP contribution < -0.4 is 20.1 Å². The second-order valence-electron chi connectivity index (χ2n) is 6.06. The van der Waals surface area contributed by atoms with E-state index in [0.29, 0.717) is 35.7 Å². The molecule has 2 heterocycles. The van der Waals surface area contributed by atoms with Gasteiger partial charge in [-0.25, -0.2) is 0 Å². The third-order valence-electron chi connectivity index (χ3n) is 3.94. The SMILES string of the molecule is CC(OC(=O)CCCNC(=O)c1ccsc1)C(=O)Nc1ccc2c(c1)OCO2. The van der Waals surface area contributed by atoms with Crippen LogP contribution in [0.4, 0.5) is 5.69 Å². The van der Waals surface area contributed by atoms with Crippen molar-refractivity contribution in [3.8, 4) is 11.5 Å². The lowest BCUT2D eigenvalue weighted by Crippen LogP contribution is -2.30. The van der Waals surface area contributed by atoms with Crippen LogP contribution in [0.15, 0.2) is 35.0 Å². The number of carbonyl (C=O) groups excluding carboxylic acids is 3. The van der Waals surface area contributed by atoms with Crippen molar-refractivity contribution in [3.05, 3.63) is 40.6 Å². The zero-order valence-corrected chi connectivity index (χ0v) is 16.0. The molecule has 28 heavy (non-hydrogen) atoms. The molecule has 0 saturated carbocycles. The Morgan fingerprint density at radius 2 is 2.04 bits per heavy atom. The summed E-state index contributed by atoms with van der Waals surface area (Å²) in [5, 5.41) is 8.97. The van der Waals surface area contributed by atoms with Crippen LogP contribution in [0.1, 0.15) is 30.1 Å². The first kappa shape index (κ1) is 19.7. The van der Waals surface area contributed by atoms with Crippen molar-refractivity contribution in [2.24, 2.45) is 0 Å². The number of rotatable bonds is 8. The molecular weight excluding hydrogens is 384 g/mol. The van der Waals surface area contributed by atoms with Crippen molar-refractivity contribution >= 4 is 34.8 Å². The van der Waals surface area contributed by atoms with Gasteiger partial charge in [-0.05, 0) is 36.9 Å². The van der Waals surface area contributed by atoms with Gasteiger partial charge in [0.1, 0.15) is 0 Å². The quantitative estimate of drug-likeness (QED) is 0.518. The van der Waals surface area contributed by atoms with Gasteiger partial charge in [0.15, 0.2) is 17.6 Å². The van der Waals surface area contributed by atoms with Crippen LogP contribution in [0.25, 0.3) is 0 Å². The number of hydrogen-bond acceptors (Lipinski definition) is 7. The first-order chi connectivity index (χ1) is 13.5. The fraction of sp³-hybridized carbons (Fsp3) is 0.316. The summed E-state index contributed by atoms with van der Waals surface area (Å²) in [7, 11) is 0. The Morgan fingerprint density at radius 3 is 2.82 bits per heavy atom. The van der Waals surface area contributed by atoms with E-state index in [4.69, 9.17) is 14.2 Å². The average Bonchev–Trinajstić information content (AvgIpc) is 3.36. The highest BCUT2D eigenvalue weighted by Gasteiger charge is 2.19. The van der Waals surface area contributed by atoms with Gasteiger partial charge < -0.3 is 24.8 Å². The van der Waals surface area contributed by atoms with E-state index >= 15 is 0 Å². The highest BCUT2D eigenvalue weighted by atomic mass is 32.1. The van der Waals surface area contributed by atoms with Gasteiger partial charge in [-0.3, -0.25) is 14.4 Å². The van der Waals surface area contributed by atoms with Crippen molar-refractivity contribution in [2.75, 3.05) is 18.7 Å². The molecule has 1 aromatic carbocycles. The molecule has 8 nitrogen and oxygen atoms in total. The Balaban J connectivity index is 1.36. The number of nitrogens with one attached hydrogen (secondary N) is 2. The topological polar surface area (TPSA) is 103 Å². The van der Waals surface area contributed by atoms with Crippen LogP contribution in [0, 0.1) is 0 Å². The first-order valence-electron chi connectivity index (χ1n) is 8.73. The van der Waals surface area contributed by atoms with Gasteiger partial charge in [-0.15, -0.1) is 0 Å². The molecule has 1 aliphatic heterocycles. The predicted molar refractivity (Wildman–Crippen MR) is 103 cm³/mol. The molecule has 0 bridgehead atoms. The zero-order valence-electron chi connectivity index (χ0n) is 15.2. The standard InChI is InChI=1S/C19H20N2O6S/c1-12(18(23)21-14-4-5-15-16(9-14)26-11-25-15)27-17(22)3-2-7-20-19(24)13-6-8-28-10-13/h4-6,8-10,12H,2-3,7,11H2,1H3,(H,20,24)(H,21,23). The minimum atomic E-state index is -0.946. The van der Waals surface area contributed by atoms with Crippen LogP contribution in [-0.4, -0.2) is 37.2 Å². The lowest BCUT2D eigenvalue weighted by Gasteiger charge is -2.14. The third-order valence-corrected chi connectivity index (χ3v) is 4.63. The number of hydrogen-bond donors (Lipinski definition) is 2. The van der Waals surface area contributed by atoms with Crippen LogP contribution in [0.5, 0.6) is 11.5 Å². The molecule has 148 valence electrons. The molecule has 2 amide bonds. The van der Waals surface area contributed by atoms with Gasteiger partial charge in [-0.2, -0.15) is 11.3 Å². The van der Waals surface area contributed by atoms with Gasteiger partial charge in [0, 0.05) is 35.7 Å². The van der Waals surface area contributed by atoms with Crippen molar-refractivity contribution < 1.29 is 28.6 Å². The van der Waals surface area contributed by atoms with Gasteiger partial charge >= 0.3 is 5.97 Å². The molecule has 2 aromatic rings. The summed E-state index contributed by atoms with van der Waals surface area (Å²) in [5.41, 5.74) is 1.12. The number of anilines is 1. The normalized spacial score (nSPS) is 12.9. The lowest BCUT2D eigenvalue weighted by molar-refractivity contribution is -0.153. The molecule has 3 rings (SSSR count). The summed E-state index contributed by atoms with van der Waals surface area (Å²) >= 11 is 1.44. The maximum Gasteiger partial charge on any atom is 0.306 e. The van der Waals surface area contributed by atoms with Gasteiger partial charge in [0.25, 0.3) is 11.8 Å². The number of amides is 2. The Kier molecular flexibility index (Phi) is 6.49. The number of fused-ring (bicyclic) bond motifs is 1. The fourth-order valence-electron chi connectivity index (χ4n) is 2.46. The number of ether oxygens (including phenoxy) is 3. The molecule has 9 heteroatoms. The van der Waals surface area contributed by atoms with E-state index < -0.39 is 18.0 Å². The Labute approximate surface area is 165 Å². The van der Waals surface area contributed by atoms with Crippen molar-refractivity contribution in [2.45, 2.75) is 25.9 Å². The largest absolute Gasteiger partial charge is 0.454 e. The third kappa shape index (κ3) is 5.23. The summed E-state index contributed by atoms with van der Waals surface area (Å²) in [6.07, 6.45) is -0.421. The summed E-state index contributed by atoms with van der Waals surface area (Å²) < 4.78 is 15.6. The first-order valence-corrected chi connectivity index (χ1v) is 9.67. The van der Waals surface area contributed by atoms with Crippen LogP contribution in [0.2, 0.25) is 0 Å². The van der Waals surface area contributed by atoms with E-state index in [1.807, 2.05) is 5.38 Å². The van der Waals surface area contributed by atoms with E-state index in [1.54, 1.807) is 29.6 Å². The van der Waals surface area contributed by atoms with E-state index in [0.717, 1.165) is 0 Å². The summed E-state index contributed by atoms with van der Waals surface area (Å²) in [6, 6.07) is 6.74. The Bertz CT molecular complexity index is 852. The van der Waals surface area contributed by atoms with Crippen LogP contribution in [0.3, 0.4) is 0 Å². The molecule has 2 N–H and O–H groups in total. The summed E-state index contributed by atoms with van der Waals surface area (Å²) in [5.74, 6) is 0.0395. The monoisotopic (exact) mass is 404 g/mol. The highest BCUT2D eigenvalue weighted by Crippen LogP contribution is 2.34. The van der Waals surface area contributed by atoms with E-state index in [9.17, 15) is 14.4 Å². The summed E-state index contributed by atoms with van der Waals surface area (Å²) in [4.78, 5) is 35.8. The molecule has 1 atom stereocenters. The number of benzene rings is 1. The van der Waals surface area contributed by atoms with Gasteiger partial charge in [0.05, 0.1) is 0 Å². The number of esters is 1. The molecule has 1 unspecified atom stereocenters. The van der Waals surface area contributed by atoms with Crippen LogP contribution >= 0.6 is 11.3 Å². The molecule has 0 aliphatic carbocycles. The van der Waals surface area contributed by atoms with E-state index in [-0.39, 0.29) is 19.1 Å². The number of thiophene rings is 1. The second kappa shape index (κ2) is 9.23. The minimum Gasteiger partial charge on any atom is -0.454 e. The molecule has 1 aliphatic rings. The molecule has 0 fully saturated rings. The van der Waals surface area contributed by atoms with Gasteiger partial charge in [0.2, 0.25) is 6.79 Å². The minimum absolute atomic E-state index is 0.103. The molecule has 1 aromatic heterocycles. The van der Waals surface area contributed by atoms with E-state index in [1.165, 1.54) is 18.3 Å². The van der Waals surface area contributed by atoms with Crippen molar-refractivity contribution in [3.63, 3.8) is 0 Å². The second-order valence-corrected chi connectivity index (χ2v) is 6.84. The predicted octanol–water partition coefficient (Wildman–Crippen LogP) is 2.56. The fourth-order valence-corrected chi connectivity index (χ4v) is 3.09. The summed E-state index contributed by atoms with van der Waals surface area (Å²) in [6.45, 7) is 1.99. The highest BCUT2D eigenvalue weighted by molar-refractivity contribution is 7.08. The maximum atomic E-state index is 12.2. The van der Waals surface area contributed by atoms with Crippen molar-refractivity contribution in [1.29, 1.82) is 0 Å². The van der Waals surface area contributed by atoms with Gasteiger partial charge in [-0.1, -0.05) is 0 Å². The molecular formula is C19H20N2O6S. The number of carbonyl (C=O) groups is 3. The van der Waals surface area contributed by atoms with E-state index in [2.05, 4.69) is 10.6 Å². The lowest BCUT2D eigenvalue weighted by atomic mass is 10.2. The molecule has 0 radical (unpaired) electrons. The zero-order chi connectivity index (χ0) is 19.9. The smallest absolute Gasteiger partial charge is 0.306 e. The van der Waals surface area contributed by atoms with Crippen molar-refractivity contribution in [1.82, 2.24) is 5.32 Å². The maximum absolute atomic E-state index is 12.2. The molecule has 0 saturated heterocycles. The van der Waals surface area contributed by atoms with Crippen LogP contribution in [-0.2, 0) is 14.3 Å². The Morgan fingerprint density at radius 1 is 1.21 bits per heavy atom.